The number of hydrogen-bond donors (Lipinski definition) is 2. The Morgan fingerprint density at radius 1 is 0.872 bits per heavy atom. The third kappa shape index (κ3) is 11.1. The Morgan fingerprint density at radius 3 is 2.31 bits per heavy atom. The number of anilines is 2. The van der Waals surface area contributed by atoms with Crippen LogP contribution in [-0.2, 0) is 25.4 Å². The van der Waals surface area contributed by atoms with Crippen LogP contribution in [0.4, 0.5) is 11.4 Å². The molecule has 7 heteroatoms. The predicted octanol–water partition coefficient (Wildman–Crippen LogP) is 6.50. The quantitative estimate of drug-likeness (QED) is 0.116. The van der Waals surface area contributed by atoms with E-state index in [4.69, 9.17) is 25.7 Å². The molecule has 7 nitrogen and oxygen atoms in total. The molecule has 1 aliphatic rings. The molecule has 1 aliphatic carbocycles. The maximum atomic E-state index is 12.6. The maximum Gasteiger partial charge on any atom is 0.338 e. The fourth-order valence-electron chi connectivity index (χ4n) is 4.72. The first kappa shape index (κ1) is 30.2. The van der Waals surface area contributed by atoms with E-state index >= 15 is 0 Å². The summed E-state index contributed by atoms with van der Waals surface area (Å²) in [4.78, 5) is 24.7. The van der Waals surface area contributed by atoms with Crippen molar-refractivity contribution in [3.05, 3.63) is 65.2 Å². The van der Waals surface area contributed by atoms with Crippen molar-refractivity contribution in [1.82, 2.24) is 0 Å². The van der Waals surface area contributed by atoms with Crippen molar-refractivity contribution in [3.8, 4) is 0 Å². The first-order valence-corrected chi connectivity index (χ1v) is 14.4. The number of carbonyl (C=O) groups is 2. The highest BCUT2D eigenvalue weighted by atomic mass is 16.5. The van der Waals surface area contributed by atoms with Crippen molar-refractivity contribution < 1.29 is 23.8 Å². The molecule has 1 saturated carbocycles. The van der Waals surface area contributed by atoms with Gasteiger partial charge < -0.3 is 25.7 Å². The van der Waals surface area contributed by atoms with Crippen LogP contribution in [0.2, 0.25) is 0 Å². The third-order valence-electron chi connectivity index (χ3n) is 7.09. The number of benzene rings is 2. The van der Waals surface area contributed by atoms with E-state index in [-0.39, 0.29) is 24.8 Å². The molecule has 0 bridgehead atoms. The zero-order chi connectivity index (χ0) is 27.9. The van der Waals surface area contributed by atoms with Gasteiger partial charge >= 0.3 is 11.9 Å². The van der Waals surface area contributed by atoms with E-state index in [9.17, 15) is 9.59 Å². The average molecular weight is 537 g/mol. The Labute approximate surface area is 232 Å². The smallest absolute Gasteiger partial charge is 0.338 e. The van der Waals surface area contributed by atoms with Crippen LogP contribution < -0.4 is 11.5 Å². The summed E-state index contributed by atoms with van der Waals surface area (Å²) >= 11 is 0. The lowest BCUT2D eigenvalue weighted by molar-refractivity contribution is -0.137. The number of ether oxygens (including phenoxy) is 3. The van der Waals surface area contributed by atoms with Gasteiger partial charge in [-0.25, -0.2) is 9.59 Å². The summed E-state index contributed by atoms with van der Waals surface area (Å²) in [6, 6.07) is 12.2. The van der Waals surface area contributed by atoms with Gasteiger partial charge in [0.1, 0.15) is 6.10 Å². The van der Waals surface area contributed by atoms with Crippen LogP contribution in [0.1, 0.15) is 92.6 Å². The van der Waals surface area contributed by atoms with Gasteiger partial charge in [-0.05, 0) is 79.6 Å². The lowest BCUT2D eigenvalue weighted by Crippen LogP contribution is -2.28. The predicted molar refractivity (Wildman–Crippen MR) is 156 cm³/mol. The monoisotopic (exact) mass is 536 g/mol. The number of nitrogens with two attached hydrogens (primary N) is 2. The third-order valence-corrected chi connectivity index (χ3v) is 7.09. The number of unbranched alkanes of at least 4 members (excludes halogenated alkanes) is 5. The van der Waals surface area contributed by atoms with E-state index in [1.54, 1.807) is 48.5 Å². The van der Waals surface area contributed by atoms with Gasteiger partial charge in [-0.2, -0.15) is 0 Å². The van der Waals surface area contributed by atoms with Gasteiger partial charge in [0.05, 0.1) is 18.3 Å². The molecule has 1 fully saturated rings. The molecule has 3 rings (SSSR count). The molecule has 0 aliphatic heterocycles. The largest absolute Gasteiger partial charge is 0.462 e. The Balaban J connectivity index is 1.32. The zero-order valence-corrected chi connectivity index (χ0v) is 23.2. The van der Waals surface area contributed by atoms with Crippen molar-refractivity contribution in [2.24, 2.45) is 0 Å². The Kier molecular flexibility index (Phi) is 12.9. The van der Waals surface area contributed by atoms with Crippen LogP contribution in [0.3, 0.4) is 0 Å². The second kappa shape index (κ2) is 16.6. The summed E-state index contributed by atoms with van der Waals surface area (Å²) in [5.41, 5.74) is 15.1. The topological polar surface area (TPSA) is 114 Å². The Morgan fingerprint density at radius 2 is 1.56 bits per heavy atom. The number of rotatable bonds is 15. The number of nitrogen functional groups attached to an aromatic ring is 2. The minimum absolute atomic E-state index is 0.0663. The lowest BCUT2D eigenvalue weighted by Gasteiger charge is -2.28. The van der Waals surface area contributed by atoms with E-state index in [2.05, 4.69) is 6.92 Å². The fourth-order valence-corrected chi connectivity index (χ4v) is 4.72. The van der Waals surface area contributed by atoms with E-state index < -0.39 is 5.97 Å². The second-order valence-corrected chi connectivity index (χ2v) is 10.3. The molecule has 39 heavy (non-hydrogen) atoms. The maximum absolute atomic E-state index is 12.6. The molecule has 0 heterocycles. The minimum Gasteiger partial charge on any atom is -0.462 e. The second-order valence-electron chi connectivity index (χ2n) is 10.3. The van der Waals surface area contributed by atoms with Crippen molar-refractivity contribution in [1.29, 1.82) is 0 Å². The van der Waals surface area contributed by atoms with Gasteiger partial charge in [-0.1, -0.05) is 51.2 Å². The molecule has 0 aromatic heterocycles. The van der Waals surface area contributed by atoms with Gasteiger partial charge in [0.15, 0.2) is 0 Å². The molecule has 212 valence electrons. The molecule has 4 N–H and O–H groups in total. The molecular weight excluding hydrogens is 492 g/mol. The highest BCUT2D eigenvalue weighted by molar-refractivity contribution is 5.90. The van der Waals surface area contributed by atoms with Gasteiger partial charge in [-0.15, -0.1) is 0 Å². The SMILES string of the molecule is CCCCCCCCOC1CCC(OC(=O)c2ccc(/C=C/C(=O)OCCc3cc(N)ccc3N)cc2)CC1. The first-order chi connectivity index (χ1) is 18.9. The molecule has 0 unspecified atom stereocenters. The van der Waals surface area contributed by atoms with Crippen LogP contribution in [0.15, 0.2) is 48.5 Å². The minimum atomic E-state index is -0.451. The zero-order valence-electron chi connectivity index (χ0n) is 23.2. The Bertz CT molecular complexity index is 1060. The van der Waals surface area contributed by atoms with Gasteiger partial charge in [0, 0.05) is 30.5 Å². The van der Waals surface area contributed by atoms with Crippen LogP contribution in [0, 0.1) is 0 Å². The van der Waals surface area contributed by atoms with E-state index in [0.29, 0.717) is 23.4 Å². The number of hydrogen-bond acceptors (Lipinski definition) is 7. The summed E-state index contributed by atoms with van der Waals surface area (Å²) in [7, 11) is 0. The number of esters is 2. The van der Waals surface area contributed by atoms with Gasteiger partial charge in [-0.3, -0.25) is 0 Å². The molecular formula is C32H44N2O5. The summed E-state index contributed by atoms with van der Waals surface area (Å²) in [5.74, 6) is -0.769. The summed E-state index contributed by atoms with van der Waals surface area (Å²) in [6.07, 6.45) is 14.8. The molecule has 2 aromatic carbocycles. The van der Waals surface area contributed by atoms with E-state index in [1.807, 2.05) is 0 Å². The van der Waals surface area contributed by atoms with Crippen molar-refractivity contribution in [3.63, 3.8) is 0 Å². The van der Waals surface area contributed by atoms with E-state index in [1.165, 1.54) is 38.2 Å². The van der Waals surface area contributed by atoms with Gasteiger partial charge in [0.2, 0.25) is 0 Å². The molecule has 0 radical (unpaired) electrons. The molecule has 0 spiro atoms. The molecule has 2 aromatic rings. The summed E-state index contributed by atoms with van der Waals surface area (Å²) < 4.78 is 17.0. The van der Waals surface area contributed by atoms with Crippen LogP contribution in [0.5, 0.6) is 0 Å². The van der Waals surface area contributed by atoms with E-state index in [0.717, 1.165) is 49.8 Å². The highest BCUT2D eigenvalue weighted by Crippen LogP contribution is 2.25. The normalized spacial score (nSPS) is 17.3. The van der Waals surface area contributed by atoms with Crippen LogP contribution in [0.25, 0.3) is 6.08 Å². The highest BCUT2D eigenvalue weighted by Gasteiger charge is 2.24. The average Bonchev–Trinajstić information content (AvgIpc) is 2.94. The number of carbonyl (C=O) groups excluding carboxylic acids is 2. The fraction of sp³-hybridized carbons (Fsp3) is 0.500. The summed E-state index contributed by atoms with van der Waals surface area (Å²) in [5, 5.41) is 0. The van der Waals surface area contributed by atoms with Crippen LogP contribution in [-0.4, -0.2) is 37.4 Å². The summed E-state index contributed by atoms with van der Waals surface area (Å²) in [6.45, 7) is 3.27. The molecule has 0 amide bonds. The van der Waals surface area contributed by atoms with Crippen molar-refractivity contribution >= 4 is 29.4 Å². The van der Waals surface area contributed by atoms with Crippen molar-refractivity contribution in [2.75, 3.05) is 24.7 Å². The molecule has 0 saturated heterocycles. The van der Waals surface area contributed by atoms with Gasteiger partial charge in [0.25, 0.3) is 0 Å². The first-order valence-electron chi connectivity index (χ1n) is 14.4. The Hall–Kier alpha value is -3.32. The standard InChI is InChI=1S/C32H44N2O5/c1-2-3-4-5-6-7-21-37-28-14-16-29(17-15-28)39-32(36)25-11-8-24(9-12-25)10-19-31(35)38-22-20-26-23-27(33)13-18-30(26)34/h8-13,18-19,23,28-29H,2-7,14-17,20-22,33-34H2,1H3/b19-10+. The molecule has 0 atom stereocenters. The lowest BCUT2D eigenvalue weighted by atomic mass is 9.95. The van der Waals surface area contributed by atoms with Crippen LogP contribution >= 0.6 is 0 Å². The van der Waals surface area contributed by atoms with Crippen molar-refractivity contribution in [2.45, 2.75) is 89.8 Å².